The van der Waals surface area contributed by atoms with Crippen LogP contribution in [0.3, 0.4) is 0 Å². The molecule has 0 aromatic rings. The quantitative estimate of drug-likeness (QED) is 0.646. The second-order valence-electron chi connectivity index (χ2n) is 4.11. The fourth-order valence-electron chi connectivity index (χ4n) is 1.63. The van der Waals surface area contributed by atoms with Gasteiger partial charge in [-0.1, -0.05) is 18.6 Å². The fourth-order valence-corrected chi connectivity index (χ4v) is 1.63. The summed E-state index contributed by atoms with van der Waals surface area (Å²) in [6, 6.07) is 0. The van der Waals surface area contributed by atoms with Crippen LogP contribution in [0.4, 0.5) is 0 Å². The molecule has 0 radical (unpaired) electrons. The van der Waals surface area contributed by atoms with Gasteiger partial charge in [-0.15, -0.1) is 0 Å². The van der Waals surface area contributed by atoms with Gasteiger partial charge in [0.2, 0.25) is 0 Å². The smallest absolute Gasteiger partial charge is 0.0567 e. The normalized spacial score (nSPS) is 15.6. The average Bonchev–Trinajstić information content (AvgIpc) is 2.49. The van der Waals surface area contributed by atoms with Gasteiger partial charge in [0.05, 0.1) is 5.71 Å². The lowest BCUT2D eigenvalue weighted by Crippen LogP contribution is -2.24. The Hall–Kier alpha value is -0.930. The summed E-state index contributed by atoms with van der Waals surface area (Å²) in [5.41, 5.74) is 7.89. The summed E-state index contributed by atoms with van der Waals surface area (Å²) in [7, 11) is 0. The van der Waals surface area contributed by atoms with E-state index < -0.39 is 0 Å². The molecule has 0 fully saturated rings. The van der Waals surface area contributed by atoms with Gasteiger partial charge in [0.25, 0.3) is 0 Å². The lowest BCUT2D eigenvalue weighted by Gasteiger charge is -2.07. The Morgan fingerprint density at radius 2 is 2.25 bits per heavy atom. The predicted octanol–water partition coefficient (Wildman–Crippen LogP) is 2.01. The molecule has 1 heterocycles. The number of aliphatic imine (C=N–C) groups is 1. The van der Waals surface area contributed by atoms with Crippen molar-refractivity contribution in [3.8, 4) is 0 Å². The van der Waals surface area contributed by atoms with E-state index in [-0.39, 0.29) is 0 Å². The van der Waals surface area contributed by atoms with Crippen LogP contribution in [0, 0.1) is 0 Å². The molecule has 0 atom stereocenters. The van der Waals surface area contributed by atoms with Crippen molar-refractivity contribution in [2.75, 3.05) is 19.6 Å². The summed E-state index contributed by atoms with van der Waals surface area (Å²) in [4.78, 5) is 4.42. The van der Waals surface area contributed by atoms with Gasteiger partial charge >= 0.3 is 0 Å². The van der Waals surface area contributed by atoms with E-state index in [0.717, 1.165) is 38.2 Å². The van der Waals surface area contributed by atoms with Crippen LogP contribution in [0.1, 0.15) is 32.6 Å². The minimum absolute atomic E-state index is 0.805. The Labute approximate surface area is 98.5 Å². The van der Waals surface area contributed by atoms with Gasteiger partial charge < -0.3 is 11.1 Å². The zero-order chi connectivity index (χ0) is 11.6. The van der Waals surface area contributed by atoms with Gasteiger partial charge in [-0.05, 0) is 44.8 Å². The van der Waals surface area contributed by atoms with E-state index in [0.29, 0.717) is 0 Å². The van der Waals surface area contributed by atoms with Gasteiger partial charge in [-0.2, -0.15) is 0 Å². The highest BCUT2D eigenvalue weighted by atomic mass is 14.9. The van der Waals surface area contributed by atoms with E-state index in [4.69, 9.17) is 5.73 Å². The Bertz CT molecular complexity index is 277. The first-order chi connectivity index (χ1) is 7.84. The maximum Gasteiger partial charge on any atom is 0.0567 e. The monoisotopic (exact) mass is 221 g/mol. The molecule has 0 aromatic carbocycles. The topological polar surface area (TPSA) is 50.4 Å². The molecule has 1 rings (SSSR count). The highest BCUT2D eigenvalue weighted by Crippen LogP contribution is 2.04. The molecule has 0 saturated carbocycles. The Morgan fingerprint density at radius 1 is 1.38 bits per heavy atom. The SMILES string of the molecule is CC1=CCC=CN=C1CNCCCCCN. The average molecular weight is 221 g/mol. The van der Waals surface area contributed by atoms with Crippen LogP contribution >= 0.6 is 0 Å². The van der Waals surface area contributed by atoms with E-state index in [1.807, 2.05) is 6.20 Å². The van der Waals surface area contributed by atoms with Gasteiger partial charge in [-0.3, -0.25) is 4.99 Å². The van der Waals surface area contributed by atoms with Crippen LogP contribution in [0.5, 0.6) is 0 Å². The number of rotatable bonds is 7. The molecule has 0 amide bonds. The maximum absolute atomic E-state index is 5.44. The van der Waals surface area contributed by atoms with Gasteiger partial charge in [0.1, 0.15) is 0 Å². The van der Waals surface area contributed by atoms with Gasteiger partial charge in [0.15, 0.2) is 0 Å². The molecule has 0 spiro atoms. The number of hydrogen-bond acceptors (Lipinski definition) is 3. The number of nitrogens with one attached hydrogen (secondary N) is 1. The van der Waals surface area contributed by atoms with Crippen LogP contribution in [-0.2, 0) is 0 Å². The molecule has 0 saturated heterocycles. The second-order valence-corrected chi connectivity index (χ2v) is 4.11. The van der Waals surface area contributed by atoms with Crippen LogP contribution in [0.25, 0.3) is 0 Å². The highest BCUT2D eigenvalue weighted by Gasteiger charge is 2.02. The molecule has 90 valence electrons. The summed E-state index contributed by atoms with van der Waals surface area (Å²) in [6.45, 7) is 4.85. The minimum Gasteiger partial charge on any atom is -0.330 e. The summed E-state index contributed by atoms with van der Waals surface area (Å²) in [5, 5.41) is 3.43. The largest absolute Gasteiger partial charge is 0.330 e. The molecular weight excluding hydrogens is 198 g/mol. The summed E-state index contributed by atoms with van der Waals surface area (Å²) >= 11 is 0. The molecule has 16 heavy (non-hydrogen) atoms. The summed E-state index contributed by atoms with van der Waals surface area (Å²) in [5.74, 6) is 0. The number of allylic oxidation sites excluding steroid dienone is 2. The number of nitrogens with two attached hydrogens (primary N) is 1. The summed E-state index contributed by atoms with van der Waals surface area (Å²) < 4.78 is 0. The van der Waals surface area contributed by atoms with Crippen molar-refractivity contribution in [2.24, 2.45) is 10.7 Å². The first kappa shape index (κ1) is 13.1. The molecule has 3 N–H and O–H groups in total. The minimum atomic E-state index is 0.805. The molecule has 1 aliphatic heterocycles. The Kier molecular flexibility index (Phi) is 6.77. The summed E-state index contributed by atoms with van der Waals surface area (Å²) in [6.07, 6.45) is 10.7. The third-order valence-electron chi connectivity index (χ3n) is 2.70. The first-order valence-electron chi connectivity index (χ1n) is 6.14. The van der Waals surface area contributed by atoms with Crippen molar-refractivity contribution in [3.63, 3.8) is 0 Å². The number of unbranched alkanes of at least 4 members (excludes halogenated alkanes) is 2. The molecule has 3 heteroatoms. The maximum atomic E-state index is 5.44. The molecule has 0 bridgehead atoms. The van der Waals surface area contributed by atoms with Crippen LogP contribution in [-0.4, -0.2) is 25.3 Å². The van der Waals surface area contributed by atoms with Crippen LogP contribution in [0.15, 0.2) is 28.9 Å². The second kappa shape index (κ2) is 8.25. The van der Waals surface area contributed by atoms with E-state index in [2.05, 4.69) is 29.4 Å². The van der Waals surface area contributed by atoms with Crippen LogP contribution in [0.2, 0.25) is 0 Å². The van der Waals surface area contributed by atoms with Gasteiger partial charge in [0, 0.05) is 12.7 Å². The van der Waals surface area contributed by atoms with E-state index in [1.54, 1.807) is 0 Å². The van der Waals surface area contributed by atoms with Crippen molar-refractivity contribution in [1.82, 2.24) is 5.32 Å². The Morgan fingerprint density at radius 3 is 3.06 bits per heavy atom. The van der Waals surface area contributed by atoms with E-state index in [9.17, 15) is 0 Å². The molecule has 3 nitrogen and oxygen atoms in total. The van der Waals surface area contributed by atoms with Crippen molar-refractivity contribution < 1.29 is 0 Å². The first-order valence-corrected chi connectivity index (χ1v) is 6.14. The highest BCUT2D eigenvalue weighted by molar-refractivity contribution is 6.01. The van der Waals surface area contributed by atoms with Gasteiger partial charge in [-0.25, -0.2) is 0 Å². The van der Waals surface area contributed by atoms with Crippen LogP contribution < -0.4 is 11.1 Å². The molecular formula is C13H23N3. The molecule has 1 aliphatic rings. The Balaban J connectivity index is 2.16. The fraction of sp³-hybridized carbons (Fsp3) is 0.615. The number of hydrogen-bond donors (Lipinski definition) is 2. The standard InChI is InChI=1S/C13H23N3/c1-12-7-3-6-10-16-13(12)11-15-9-5-2-4-8-14/h6-7,10,15H,2-5,8-9,11,14H2,1H3. The lowest BCUT2D eigenvalue weighted by atomic mass is 10.1. The van der Waals surface area contributed by atoms with Crippen molar-refractivity contribution >= 4 is 5.71 Å². The van der Waals surface area contributed by atoms with E-state index in [1.165, 1.54) is 18.4 Å². The molecule has 0 aliphatic carbocycles. The third-order valence-corrected chi connectivity index (χ3v) is 2.70. The van der Waals surface area contributed by atoms with E-state index >= 15 is 0 Å². The zero-order valence-electron chi connectivity index (χ0n) is 10.2. The molecule has 0 unspecified atom stereocenters. The zero-order valence-corrected chi connectivity index (χ0v) is 10.2. The lowest BCUT2D eigenvalue weighted by molar-refractivity contribution is 0.637. The molecule has 0 aromatic heterocycles. The third kappa shape index (κ3) is 5.24. The van der Waals surface area contributed by atoms with Crippen molar-refractivity contribution in [1.29, 1.82) is 0 Å². The number of nitrogens with zero attached hydrogens (tertiary/aromatic N) is 1. The predicted molar refractivity (Wildman–Crippen MR) is 70.7 cm³/mol. The van der Waals surface area contributed by atoms with Crippen molar-refractivity contribution in [2.45, 2.75) is 32.6 Å². The van der Waals surface area contributed by atoms with Crippen molar-refractivity contribution in [3.05, 3.63) is 23.9 Å².